The first kappa shape index (κ1) is 16.2. The van der Waals surface area contributed by atoms with Crippen molar-refractivity contribution in [3.63, 3.8) is 0 Å². The molecule has 0 unspecified atom stereocenters. The summed E-state index contributed by atoms with van der Waals surface area (Å²) in [5.74, 6) is -1.13. The SMILES string of the molecule is CCOP(=O)(OCC)C(F)(F)c1ccc(C)cc1F. The highest BCUT2D eigenvalue weighted by molar-refractivity contribution is 7.54. The molecule has 0 atom stereocenters. The monoisotopic (exact) mass is 296 g/mol. The zero-order valence-corrected chi connectivity index (χ0v) is 11.8. The van der Waals surface area contributed by atoms with Crippen LogP contribution in [0.3, 0.4) is 0 Å². The summed E-state index contributed by atoms with van der Waals surface area (Å²) >= 11 is 0. The number of hydrogen-bond donors (Lipinski definition) is 0. The molecule has 0 heterocycles. The van der Waals surface area contributed by atoms with Gasteiger partial charge in [0, 0.05) is 0 Å². The first-order valence-electron chi connectivity index (χ1n) is 5.82. The van der Waals surface area contributed by atoms with Crippen molar-refractivity contribution in [1.82, 2.24) is 0 Å². The molecule has 1 aromatic carbocycles. The van der Waals surface area contributed by atoms with Gasteiger partial charge in [0.05, 0.1) is 18.8 Å². The van der Waals surface area contributed by atoms with Gasteiger partial charge in [-0.15, -0.1) is 0 Å². The van der Waals surface area contributed by atoms with E-state index in [0.29, 0.717) is 5.56 Å². The molecule has 1 rings (SSSR count). The lowest BCUT2D eigenvalue weighted by atomic mass is 10.1. The van der Waals surface area contributed by atoms with E-state index >= 15 is 0 Å². The minimum atomic E-state index is -4.76. The third kappa shape index (κ3) is 3.19. The van der Waals surface area contributed by atoms with Crippen molar-refractivity contribution >= 4 is 7.60 Å². The Hall–Kier alpha value is -0.840. The van der Waals surface area contributed by atoms with Crippen LogP contribution in [0, 0.1) is 12.7 Å². The van der Waals surface area contributed by atoms with Crippen LogP contribution >= 0.6 is 7.60 Å². The highest BCUT2D eigenvalue weighted by Gasteiger charge is 2.56. The summed E-state index contributed by atoms with van der Waals surface area (Å²) in [6, 6.07) is 3.16. The standard InChI is InChI=1S/C12H16F3O3P/c1-4-17-19(16,18-5-2)12(14,15)10-7-6-9(3)8-11(10)13/h6-8H,4-5H2,1-3H3. The fourth-order valence-electron chi connectivity index (χ4n) is 1.55. The molecule has 0 spiro atoms. The van der Waals surface area contributed by atoms with Gasteiger partial charge in [0.15, 0.2) is 0 Å². The van der Waals surface area contributed by atoms with Crippen molar-refractivity contribution in [2.24, 2.45) is 0 Å². The normalized spacial score (nSPS) is 12.7. The summed E-state index contributed by atoms with van der Waals surface area (Å²) in [5, 5.41) is 0. The predicted molar refractivity (Wildman–Crippen MR) is 65.9 cm³/mol. The highest BCUT2D eigenvalue weighted by Crippen LogP contribution is 2.67. The van der Waals surface area contributed by atoms with E-state index in [1.807, 2.05) is 0 Å². The van der Waals surface area contributed by atoms with E-state index in [1.54, 1.807) is 6.92 Å². The molecule has 0 bridgehead atoms. The van der Waals surface area contributed by atoms with Crippen molar-refractivity contribution in [1.29, 1.82) is 0 Å². The fraction of sp³-hybridized carbons (Fsp3) is 0.500. The molecule has 0 fully saturated rings. The molecule has 0 amide bonds. The summed E-state index contributed by atoms with van der Waals surface area (Å²) in [7, 11) is -4.76. The van der Waals surface area contributed by atoms with Crippen LogP contribution in [0.2, 0.25) is 0 Å². The first-order valence-corrected chi connectivity index (χ1v) is 7.36. The maximum absolute atomic E-state index is 14.2. The average Bonchev–Trinajstić information content (AvgIpc) is 2.28. The molecule has 0 saturated heterocycles. The Morgan fingerprint density at radius 1 is 1.21 bits per heavy atom. The van der Waals surface area contributed by atoms with E-state index in [4.69, 9.17) is 0 Å². The van der Waals surface area contributed by atoms with Gasteiger partial charge in [0.25, 0.3) is 0 Å². The Balaban J connectivity index is 3.30. The van der Waals surface area contributed by atoms with Crippen LogP contribution in [-0.4, -0.2) is 13.2 Å². The number of rotatable bonds is 6. The lowest BCUT2D eigenvalue weighted by molar-refractivity contribution is 0.0330. The van der Waals surface area contributed by atoms with Gasteiger partial charge in [-0.25, -0.2) is 4.39 Å². The van der Waals surface area contributed by atoms with Gasteiger partial charge in [0.2, 0.25) is 0 Å². The lowest BCUT2D eigenvalue weighted by Crippen LogP contribution is -2.20. The third-order valence-electron chi connectivity index (χ3n) is 2.39. The second-order valence-electron chi connectivity index (χ2n) is 3.86. The van der Waals surface area contributed by atoms with Gasteiger partial charge in [-0.3, -0.25) is 4.57 Å². The molecule has 3 nitrogen and oxygen atoms in total. The molecule has 0 N–H and O–H groups in total. The van der Waals surface area contributed by atoms with Crippen LogP contribution in [0.4, 0.5) is 13.2 Å². The minimum Gasteiger partial charge on any atom is -0.304 e. The molecule has 19 heavy (non-hydrogen) atoms. The molecule has 7 heteroatoms. The Morgan fingerprint density at radius 3 is 2.16 bits per heavy atom. The number of halogens is 3. The Kier molecular flexibility index (Phi) is 5.18. The first-order chi connectivity index (χ1) is 8.78. The van der Waals surface area contributed by atoms with E-state index in [-0.39, 0.29) is 13.2 Å². The fourth-order valence-corrected chi connectivity index (χ4v) is 3.11. The van der Waals surface area contributed by atoms with Crippen molar-refractivity contribution in [2.75, 3.05) is 13.2 Å². The van der Waals surface area contributed by atoms with Crippen LogP contribution in [0.25, 0.3) is 0 Å². The van der Waals surface area contributed by atoms with Crippen molar-refractivity contribution in [2.45, 2.75) is 26.4 Å². The van der Waals surface area contributed by atoms with Crippen molar-refractivity contribution in [3.8, 4) is 0 Å². The van der Waals surface area contributed by atoms with Gasteiger partial charge in [-0.2, -0.15) is 8.78 Å². The molecular formula is C12H16F3O3P. The number of benzene rings is 1. The van der Waals surface area contributed by atoms with E-state index in [1.165, 1.54) is 19.9 Å². The smallest absolute Gasteiger partial charge is 0.304 e. The van der Waals surface area contributed by atoms with Gasteiger partial charge in [0.1, 0.15) is 5.82 Å². The van der Waals surface area contributed by atoms with Crippen LogP contribution in [0.15, 0.2) is 18.2 Å². The molecule has 108 valence electrons. The molecule has 0 aromatic heterocycles. The van der Waals surface area contributed by atoms with Gasteiger partial charge >= 0.3 is 13.3 Å². The van der Waals surface area contributed by atoms with Crippen LogP contribution in [0.1, 0.15) is 25.0 Å². The summed E-state index contributed by atoms with van der Waals surface area (Å²) in [4.78, 5) is 0. The molecule has 0 aliphatic carbocycles. The van der Waals surface area contributed by atoms with Gasteiger partial charge in [-0.05, 0) is 38.5 Å². The molecule has 0 aliphatic rings. The van der Waals surface area contributed by atoms with Gasteiger partial charge in [-0.1, -0.05) is 6.07 Å². The summed E-state index contributed by atoms with van der Waals surface area (Å²) < 4.78 is 63.4. The molecule has 0 radical (unpaired) electrons. The second-order valence-corrected chi connectivity index (χ2v) is 5.93. The van der Waals surface area contributed by atoms with E-state index < -0.39 is 24.6 Å². The van der Waals surface area contributed by atoms with Crippen molar-refractivity contribution in [3.05, 3.63) is 35.1 Å². The Bertz CT molecular complexity index is 481. The third-order valence-corrected chi connectivity index (χ3v) is 4.52. The summed E-state index contributed by atoms with van der Waals surface area (Å²) in [6.07, 6.45) is 0. The van der Waals surface area contributed by atoms with Crippen LogP contribution in [0.5, 0.6) is 0 Å². The number of alkyl halides is 2. The van der Waals surface area contributed by atoms with Crippen molar-refractivity contribution < 1.29 is 26.8 Å². The minimum absolute atomic E-state index is 0.222. The molecule has 1 aromatic rings. The average molecular weight is 296 g/mol. The summed E-state index contributed by atoms with van der Waals surface area (Å²) in [5.41, 5.74) is -4.53. The maximum atomic E-state index is 14.2. The topological polar surface area (TPSA) is 35.5 Å². The number of hydrogen-bond acceptors (Lipinski definition) is 3. The maximum Gasteiger partial charge on any atom is 0.404 e. The predicted octanol–water partition coefficient (Wildman–Crippen LogP) is 4.45. The van der Waals surface area contributed by atoms with E-state index in [9.17, 15) is 17.7 Å². The largest absolute Gasteiger partial charge is 0.404 e. The Labute approximate surface area is 110 Å². The lowest BCUT2D eigenvalue weighted by Gasteiger charge is -2.26. The quantitative estimate of drug-likeness (QED) is 0.727. The Morgan fingerprint density at radius 2 is 1.74 bits per heavy atom. The van der Waals surface area contributed by atoms with E-state index in [0.717, 1.165) is 12.1 Å². The summed E-state index contributed by atoms with van der Waals surface area (Å²) in [6.45, 7) is 3.94. The molecule has 0 saturated carbocycles. The zero-order chi connectivity index (χ0) is 14.7. The van der Waals surface area contributed by atoms with Crippen LogP contribution in [-0.2, 0) is 19.3 Å². The second kappa shape index (κ2) is 6.07. The van der Waals surface area contributed by atoms with Crippen LogP contribution < -0.4 is 0 Å². The van der Waals surface area contributed by atoms with E-state index in [2.05, 4.69) is 9.05 Å². The highest BCUT2D eigenvalue weighted by atomic mass is 31.2. The molecule has 0 aliphatic heterocycles. The number of aryl methyl sites for hydroxylation is 1. The molecular weight excluding hydrogens is 280 g/mol. The zero-order valence-electron chi connectivity index (χ0n) is 11.0. The van der Waals surface area contributed by atoms with Gasteiger partial charge < -0.3 is 9.05 Å².